The van der Waals surface area contributed by atoms with Crippen molar-refractivity contribution < 1.29 is 14.3 Å². The Morgan fingerprint density at radius 1 is 1.07 bits per heavy atom. The second-order valence-corrected chi connectivity index (χ2v) is 6.02. The molecule has 2 heterocycles. The molecule has 0 aliphatic carbocycles. The van der Waals surface area contributed by atoms with Crippen LogP contribution in [0.25, 0.3) is 21.8 Å². The van der Waals surface area contributed by atoms with E-state index in [1.165, 1.54) is 6.20 Å². The van der Waals surface area contributed by atoms with Gasteiger partial charge in [0.25, 0.3) is 5.56 Å². The van der Waals surface area contributed by atoms with Gasteiger partial charge in [0.2, 0.25) is 0 Å². The summed E-state index contributed by atoms with van der Waals surface area (Å²) >= 11 is 0. The van der Waals surface area contributed by atoms with Crippen LogP contribution in [0.15, 0.2) is 59.5 Å². The zero-order valence-corrected chi connectivity index (χ0v) is 15.0. The van der Waals surface area contributed by atoms with Crippen molar-refractivity contribution in [3.8, 4) is 17.6 Å². The molecule has 0 bridgehead atoms. The van der Waals surface area contributed by atoms with E-state index < -0.39 is 6.16 Å². The van der Waals surface area contributed by atoms with Crippen LogP contribution in [-0.4, -0.2) is 22.7 Å². The van der Waals surface area contributed by atoms with E-state index in [9.17, 15) is 9.59 Å². The number of benzene rings is 2. The fourth-order valence-corrected chi connectivity index (χ4v) is 2.96. The number of pyridine rings is 1. The molecule has 0 aliphatic heterocycles. The van der Waals surface area contributed by atoms with E-state index in [0.29, 0.717) is 16.4 Å². The van der Waals surface area contributed by atoms with Gasteiger partial charge in [-0.15, -0.1) is 0 Å². The highest BCUT2D eigenvalue weighted by Crippen LogP contribution is 2.30. The molecule has 0 saturated carbocycles. The Bertz CT molecular complexity index is 1290. The van der Waals surface area contributed by atoms with Crippen molar-refractivity contribution in [3.63, 3.8) is 0 Å². The predicted molar refractivity (Wildman–Crippen MR) is 106 cm³/mol. The lowest BCUT2D eigenvalue weighted by atomic mass is 10.1. The molecular formula is C22H16N2O4. The highest BCUT2D eigenvalue weighted by Gasteiger charge is 2.16. The molecule has 138 valence electrons. The van der Waals surface area contributed by atoms with Crippen LogP contribution in [0.5, 0.6) is 5.75 Å². The van der Waals surface area contributed by atoms with E-state index in [-0.39, 0.29) is 17.9 Å². The number of H-pyrrole nitrogens is 2. The van der Waals surface area contributed by atoms with Gasteiger partial charge in [-0.1, -0.05) is 30.0 Å². The molecule has 6 nitrogen and oxygen atoms in total. The molecule has 0 spiro atoms. The van der Waals surface area contributed by atoms with Crippen molar-refractivity contribution in [2.45, 2.75) is 6.92 Å². The number of nitrogens with one attached hydrogen (secondary N) is 2. The van der Waals surface area contributed by atoms with Crippen LogP contribution in [0.2, 0.25) is 0 Å². The molecule has 0 fully saturated rings. The Balaban J connectivity index is 1.85. The lowest BCUT2D eigenvalue weighted by molar-refractivity contribution is 0.105. The summed E-state index contributed by atoms with van der Waals surface area (Å²) in [5.74, 6) is 6.46. The summed E-state index contributed by atoms with van der Waals surface area (Å²) in [6, 6.07) is 15.1. The maximum absolute atomic E-state index is 12.3. The minimum absolute atomic E-state index is 0.196. The van der Waals surface area contributed by atoms with E-state index in [1.54, 1.807) is 13.0 Å². The molecule has 0 atom stereocenters. The zero-order valence-electron chi connectivity index (χ0n) is 15.0. The topological polar surface area (TPSA) is 84.2 Å². The normalized spacial score (nSPS) is 10.5. The molecule has 0 saturated heterocycles. The van der Waals surface area contributed by atoms with Gasteiger partial charge >= 0.3 is 6.16 Å². The van der Waals surface area contributed by atoms with Gasteiger partial charge in [-0.2, -0.15) is 0 Å². The first-order valence-electron chi connectivity index (χ1n) is 8.74. The van der Waals surface area contributed by atoms with Crippen LogP contribution >= 0.6 is 0 Å². The van der Waals surface area contributed by atoms with E-state index in [4.69, 9.17) is 9.47 Å². The highest BCUT2D eigenvalue weighted by atomic mass is 16.7. The summed E-state index contributed by atoms with van der Waals surface area (Å²) in [7, 11) is 0. The maximum Gasteiger partial charge on any atom is 0.513 e. The van der Waals surface area contributed by atoms with E-state index >= 15 is 0 Å². The second-order valence-electron chi connectivity index (χ2n) is 6.02. The molecule has 0 radical (unpaired) electrons. The van der Waals surface area contributed by atoms with Crippen LogP contribution in [0, 0.1) is 11.8 Å². The summed E-state index contributed by atoms with van der Waals surface area (Å²) in [5, 5.41) is 1.23. The van der Waals surface area contributed by atoms with Crippen molar-refractivity contribution in [1.29, 1.82) is 0 Å². The highest BCUT2D eigenvalue weighted by molar-refractivity contribution is 6.08. The summed E-state index contributed by atoms with van der Waals surface area (Å²) in [5.41, 5.74) is 2.32. The zero-order chi connectivity index (χ0) is 19.5. The van der Waals surface area contributed by atoms with E-state index in [0.717, 1.165) is 16.5 Å². The third kappa shape index (κ3) is 3.33. The van der Waals surface area contributed by atoms with Gasteiger partial charge in [-0.3, -0.25) is 4.79 Å². The molecule has 2 N–H and O–H groups in total. The van der Waals surface area contributed by atoms with E-state index in [2.05, 4.69) is 21.8 Å². The second kappa shape index (κ2) is 7.33. The third-order valence-electron chi connectivity index (χ3n) is 4.19. The molecule has 2 aromatic carbocycles. The van der Waals surface area contributed by atoms with Crippen LogP contribution in [-0.2, 0) is 4.74 Å². The number of aromatic amines is 2. The van der Waals surface area contributed by atoms with Crippen molar-refractivity contribution in [2.24, 2.45) is 0 Å². The average molecular weight is 372 g/mol. The molecule has 6 heteroatoms. The quantitative estimate of drug-likeness (QED) is 0.412. The minimum Gasteiger partial charge on any atom is -0.434 e. The first-order valence-corrected chi connectivity index (χ1v) is 8.74. The molecule has 0 unspecified atom stereocenters. The fraction of sp³-hybridized carbons (Fsp3) is 0.0909. The van der Waals surface area contributed by atoms with Gasteiger partial charge in [0.1, 0.15) is 5.52 Å². The number of fused-ring (bicyclic) bond motifs is 3. The predicted octanol–water partition coefficient (Wildman–Crippen LogP) is 3.94. The molecule has 0 aliphatic rings. The third-order valence-corrected chi connectivity index (χ3v) is 4.19. The number of rotatable bonds is 2. The molecule has 2 aromatic heterocycles. The first-order chi connectivity index (χ1) is 13.7. The van der Waals surface area contributed by atoms with Crippen LogP contribution in [0.1, 0.15) is 18.1 Å². The number of carbonyl (C=O) groups excluding carboxylic acids is 1. The molecule has 28 heavy (non-hydrogen) atoms. The van der Waals surface area contributed by atoms with Crippen LogP contribution < -0.4 is 10.3 Å². The van der Waals surface area contributed by atoms with Crippen molar-refractivity contribution in [3.05, 3.63) is 76.2 Å². The lowest BCUT2D eigenvalue weighted by Gasteiger charge is -2.05. The Morgan fingerprint density at radius 2 is 1.86 bits per heavy atom. The average Bonchev–Trinajstić information content (AvgIpc) is 3.12. The van der Waals surface area contributed by atoms with Gasteiger partial charge in [0.05, 0.1) is 12.0 Å². The van der Waals surface area contributed by atoms with Crippen molar-refractivity contribution >= 4 is 28.0 Å². The van der Waals surface area contributed by atoms with Crippen molar-refractivity contribution in [2.75, 3.05) is 6.61 Å². The van der Waals surface area contributed by atoms with Gasteiger partial charge in [0.15, 0.2) is 5.75 Å². The summed E-state index contributed by atoms with van der Waals surface area (Å²) in [4.78, 5) is 29.7. The number of carbonyl (C=O) groups is 1. The number of ether oxygens (including phenoxy) is 2. The van der Waals surface area contributed by atoms with Gasteiger partial charge < -0.3 is 19.4 Å². The lowest BCUT2D eigenvalue weighted by Crippen LogP contribution is -2.10. The van der Waals surface area contributed by atoms with Gasteiger partial charge in [0, 0.05) is 28.2 Å². The molecular weight excluding hydrogens is 356 g/mol. The smallest absolute Gasteiger partial charge is 0.434 e. The Morgan fingerprint density at radius 3 is 2.64 bits per heavy atom. The Labute approximate surface area is 160 Å². The standard InChI is InChI=1S/C22H16N2O4/c1-2-27-22(26)28-18-13-23-20-19(18)16-12-15(10-11-17(16)24-21(20)25)9-8-14-6-4-3-5-7-14/h3-7,10-13,23H,2H2,1H3,(H,24,25). The van der Waals surface area contributed by atoms with Crippen molar-refractivity contribution in [1.82, 2.24) is 9.97 Å². The fourth-order valence-electron chi connectivity index (χ4n) is 2.96. The Hall–Kier alpha value is -3.98. The first kappa shape index (κ1) is 17.4. The van der Waals surface area contributed by atoms with Crippen LogP contribution in [0.3, 0.4) is 0 Å². The molecule has 4 aromatic rings. The number of hydrogen-bond acceptors (Lipinski definition) is 4. The summed E-state index contributed by atoms with van der Waals surface area (Å²) in [6.45, 7) is 1.88. The SMILES string of the molecule is CCOC(=O)Oc1c[nH]c2c(=O)[nH]c3ccc(C#Cc4ccccc4)cc3c12. The number of aromatic nitrogens is 2. The number of hydrogen-bond donors (Lipinski definition) is 2. The van der Waals surface area contributed by atoms with Crippen LogP contribution in [0.4, 0.5) is 4.79 Å². The van der Waals surface area contributed by atoms with E-state index in [1.807, 2.05) is 42.5 Å². The minimum atomic E-state index is -0.822. The summed E-state index contributed by atoms with van der Waals surface area (Å²) in [6.07, 6.45) is 0.648. The largest absolute Gasteiger partial charge is 0.513 e. The Kier molecular flexibility index (Phi) is 4.56. The summed E-state index contributed by atoms with van der Waals surface area (Å²) < 4.78 is 10.1. The maximum atomic E-state index is 12.3. The molecule has 0 amide bonds. The molecule has 4 rings (SSSR count). The monoisotopic (exact) mass is 372 g/mol. The van der Waals surface area contributed by atoms with Gasteiger partial charge in [-0.25, -0.2) is 4.79 Å². The van der Waals surface area contributed by atoms with Gasteiger partial charge in [-0.05, 0) is 37.3 Å².